The number of aromatic nitrogens is 2. The van der Waals surface area contributed by atoms with Gasteiger partial charge in [0.2, 0.25) is 0 Å². The maximum absolute atomic E-state index is 13.2. The number of nitrogens with zero attached hydrogens (tertiary/aromatic N) is 3. The van der Waals surface area contributed by atoms with Crippen molar-refractivity contribution in [2.45, 2.75) is 20.8 Å². The monoisotopic (exact) mass is 462 g/mol. The Morgan fingerprint density at radius 2 is 1.61 bits per heavy atom. The number of hydrogen-bond donors (Lipinski definition) is 1. The van der Waals surface area contributed by atoms with Gasteiger partial charge in [0.1, 0.15) is 11.5 Å². The molecule has 0 fully saturated rings. The minimum absolute atomic E-state index is 0. The summed E-state index contributed by atoms with van der Waals surface area (Å²) in [7, 11) is 0. The van der Waals surface area contributed by atoms with Crippen LogP contribution in [0.15, 0.2) is 72.9 Å². The fourth-order valence-electron chi connectivity index (χ4n) is 3.53. The zero-order chi connectivity index (χ0) is 22.5. The Labute approximate surface area is 200 Å². The van der Waals surface area contributed by atoms with E-state index >= 15 is 0 Å². The van der Waals surface area contributed by atoms with E-state index in [0.717, 1.165) is 28.3 Å². The molecule has 4 rings (SSSR count). The molecule has 2 aromatic carbocycles. The lowest BCUT2D eigenvalue weighted by Crippen LogP contribution is -2.31. The zero-order valence-electron chi connectivity index (χ0n) is 18.9. The summed E-state index contributed by atoms with van der Waals surface area (Å²) in [6.07, 6.45) is 1.62. The van der Waals surface area contributed by atoms with Gasteiger partial charge in [0.15, 0.2) is 5.65 Å². The number of aryl methyl sites for hydroxylation is 1. The maximum atomic E-state index is 13.2. The van der Waals surface area contributed by atoms with Crippen LogP contribution < -0.4 is 10.1 Å². The van der Waals surface area contributed by atoms with E-state index in [1.165, 1.54) is 0 Å². The van der Waals surface area contributed by atoms with Crippen molar-refractivity contribution in [1.29, 1.82) is 0 Å². The van der Waals surface area contributed by atoms with Crippen LogP contribution in [0, 0.1) is 6.92 Å². The van der Waals surface area contributed by atoms with Gasteiger partial charge in [-0.1, -0.05) is 18.2 Å². The summed E-state index contributed by atoms with van der Waals surface area (Å²) < 4.78 is 5.88. The Balaban J connectivity index is 0.00000306. The molecule has 33 heavy (non-hydrogen) atoms. The second-order valence-corrected chi connectivity index (χ2v) is 7.41. The highest BCUT2D eigenvalue weighted by molar-refractivity contribution is 6.07. The van der Waals surface area contributed by atoms with Gasteiger partial charge in [-0.25, -0.2) is 9.97 Å². The first kappa shape index (κ1) is 24.0. The molecule has 0 bridgehead atoms. The number of halogens is 1. The smallest absolute Gasteiger partial charge is 0.257 e. The molecule has 6 nitrogen and oxygen atoms in total. The molecule has 0 spiro atoms. The maximum Gasteiger partial charge on any atom is 0.257 e. The van der Waals surface area contributed by atoms with Gasteiger partial charge in [-0.05, 0) is 69.3 Å². The number of ether oxygens (including phenoxy) is 1. The SMILES string of the molecule is CCN(CC)C(=O)c1cnc2nc(C)ccc2c1Nc1ccc(Oc2ccccc2)cc1.Cl. The van der Waals surface area contributed by atoms with Gasteiger partial charge in [-0.15, -0.1) is 12.4 Å². The van der Waals surface area contributed by atoms with Crippen molar-refractivity contribution < 1.29 is 9.53 Å². The number of carbonyl (C=O) groups excluding carboxylic acids is 1. The third kappa shape index (κ3) is 5.41. The van der Waals surface area contributed by atoms with E-state index < -0.39 is 0 Å². The van der Waals surface area contributed by atoms with Crippen molar-refractivity contribution in [3.05, 3.63) is 84.2 Å². The third-order valence-corrected chi connectivity index (χ3v) is 5.25. The van der Waals surface area contributed by atoms with Crippen LogP contribution in [0.1, 0.15) is 29.9 Å². The quantitative estimate of drug-likeness (QED) is 0.345. The number of nitrogens with one attached hydrogen (secondary N) is 1. The molecule has 0 atom stereocenters. The van der Waals surface area contributed by atoms with Crippen molar-refractivity contribution in [1.82, 2.24) is 14.9 Å². The molecule has 2 aromatic heterocycles. The summed E-state index contributed by atoms with van der Waals surface area (Å²) in [4.78, 5) is 24.0. The number of hydrogen-bond acceptors (Lipinski definition) is 5. The number of benzene rings is 2. The fourth-order valence-corrected chi connectivity index (χ4v) is 3.53. The van der Waals surface area contributed by atoms with Crippen LogP contribution in [0.2, 0.25) is 0 Å². The third-order valence-electron chi connectivity index (χ3n) is 5.25. The molecular formula is C26H27ClN4O2. The Morgan fingerprint density at radius 3 is 2.27 bits per heavy atom. The standard InChI is InChI=1S/C26H26N4O2.ClH/c1-4-30(5-2)26(31)23-17-27-25-22(16-11-18(3)28-25)24(23)29-19-12-14-21(15-13-19)32-20-9-7-6-8-10-20;/h6-17H,4-5H2,1-3H3,(H,27,28,29);1H. The summed E-state index contributed by atoms with van der Waals surface area (Å²) in [6.45, 7) is 7.13. The first-order valence-corrected chi connectivity index (χ1v) is 10.7. The predicted molar refractivity (Wildman–Crippen MR) is 135 cm³/mol. The van der Waals surface area contributed by atoms with E-state index in [2.05, 4.69) is 15.3 Å². The minimum atomic E-state index is -0.0588. The van der Waals surface area contributed by atoms with Crippen LogP contribution >= 0.6 is 12.4 Å². The summed E-state index contributed by atoms with van der Waals surface area (Å²) in [5.74, 6) is 1.46. The Hall–Kier alpha value is -3.64. The molecule has 0 aliphatic carbocycles. The van der Waals surface area contributed by atoms with Gasteiger partial charge in [-0.2, -0.15) is 0 Å². The Bertz CT molecular complexity index is 1230. The van der Waals surface area contributed by atoms with Crippen LogP contribution in [0.4, 0.5) is 11.4 Å². The van der Waals surface area contributed by atoms with E-state index in [4.69, 9.17) is 4.74 Å². The van der Waals surface area contributed by atoms with Crippen LogP contribution in [0.3, 0.4) is 0 Å². The summed E-state index contributed by atoms with van der Waals surface area (Å²) in [5.41, 5.74) is 3.55. The Kier molecular flexibility index (Phi) is 7.85. The van der Waals surface area contributed by atoms with Crippen LogP contribution in [0.5, 0.6) is 11.5 Å². The molecule has 170 valence electrons. The number of rotatable bonds is 7. The molecule has 2 heterocycles. The lowest BCUT2D eigenvalue weighted by molar-refractivity contribution is 0.0773. The van der Waals surface area contributed by atoms with Gasteiger partial charge in [-0.3, -0.25) is 4.79 Å². The largest absolute Gasteiger partial charge is 0.457 e. The second kappa shape index (κ2) is 10.8. The predicted octanol–water partition coefficient (Wildman–Crippen LogP) is 6.38. The topological polar surface area (TPSA) is 67.4 Å². The molecule has 4 aromatic rings. The summed E-state index contributed by atoms with van der Waals surface area (Å²) in [6, 6.07) is 21.2. The van der Waals surface area contributed by atoms with Crippen molar-refractivity contribution in [3.8, 4) is 11.5 Å². The lowest BCUT2D eigenvalue weighted by Gasteiger charge is -2.21. The molecule has 0 unspecified atom stereocenters. The van der Waals surface area contributed by atoms with Gasteiger partial charge in [0, 0.05) is 36.1 Å². The number of pyridine rings is 2. The number of carbonyl (C=O) groups is 1. The van der Waals surface area contributed by atoms with E-state index in [1.807, 2.05) is 87.5 Å². The Morgan fingerprint density at radius 1 is 0.939 bits per heavy atom. The fraction of sp³-hybridized carbons (Fsp3) is 0.192. The normalized spacial score (nSPS) is 10.4. The average molecular weight is 463 g/mol. The average Bonchev–Trinajstić information content (AvgIpc) is 2.81. The molecular weight excluding hydrogens is 436 g/mol. The first-order chi connectivity index (χ1) is 15.6. The van der Waals surface area contributed by atoms with Crippen molar-refractivity contribution in [3.63, 3.8) is 0 Å². The molecule has 0 saturated carbocycles. The molecule has 7 heteroatoms. The number of anilines is 2. The molecule has 0 aliphatic heterocycles. The van der Waals surface area contributed by atoms with Gasteiger partial charge in [0.05, 0.1) is 11.3 Å². The van der Waals surface area contributed by atoms with Crippen LogP contribution in [0.25, 0.3) is 11.0 Å². The van der Waals surface area contributed by atoms with Crippen LogP contribution in [-0.4, -0.2) is 33.9 Å². The zero-order valence-corrected chi connectivity index (χ0v) is 19.7. The molecule has 0 aliphatic rings. The van der Waals surface area contributed by atoms with E-state index in [-0.39, 0.29) is 18.3 Å². The summed E-state index contributed by atoms with van der Waals surface area (Å²) >= 11 is 0. The van der Waals surface area contributed by atoms with Crippen molar-refractivity contribution in [2.75, 3.05) is 18.4 Å². The molecule has 1 N–H and O–H groups in total. The highest BCUT2D eigenvalue weighted by Gasteiger charge is 2.20. The molecule has 0 radical (unpaired) electrons. The van der Waals surface area contributed by atoms with E-state index in [0.29, 0.717) is 30.0 Å². The van der Waals surface area contributed by atoms with Gasteiger partial charge >= 0.3 is 0 Å². The second-order valence-electron chi connectivity index (χ2n) is 7.41. The van der Waals surface area contributed by atoms with Crippen LogP contribution in [-0.2, 0) is 0 Å². The van der Waals surface area contributed by atoms with Crippen molar-refractivity contribution in [2.24, 2.45) is 0 Å². The summed E-state index contributed by atoms with van der Waals surface area (Å²) in [5, 5.41) is 4.23. The van der Waals surface area contributed by atoms with Crippen molar-refractivity contribution >= 4 is 40.7 Å². The van der Waals surface area contributed by atoms with E-state index in [9.17, 15) is 4.79 Å². The van der Waals surface area contributed by atoms with E-state index in [1.54, 1.807) is 11.1 Å². The number of amides is 1. The van der Waals surface area contributed by atoms with Gasteiger partial charge in [0.25, 0.3) is 5.91 Å². The number of fused-ring (bicyclic) bond motifs is 1. The molecule has 0 saturated heterocycles. The minimum Gasteiger partial charge on any atom is -0.457 e. The number of para-hydroxylation sites is 1. The highest BCUT2D eigenvalue weighted by Crippen LogP contribution is 2.31. The molecule has 1 amide bonds. The lowest BCUT2D eigenvalue weighted by atomic mass is 10.1. The highest BCUT2D eigenvalue weighted by atomic mass is 35.5. The van der Waals surface area contributed by atoms with Gasteiger partial charge < -0.3 is 15.0 Å². The first-order valence-electron chi connectivity index (χ1n) is 10.7.